The Labute approximate surface area is 143 Å². The van der Waals surface area contributed by atoms with Gasteiger partial charge in [0.2, 0.25) is 5.91 Å². The van der Waals surface area contributed by atoms with Crippen molar-refractivity contribution in [3.8, 4) is 0 Å². The molecular weight excluding hydrogens is 302 g/mol. The summed E-state index contributed by atoms with van der Waals surface area (Å²) in [6, 6.07) is 10.2. The van der Waals surface area contributed by atoms with E-state index in [9.17, 15) is 9.90 Å². The monoisotopic (exact) mass is 329 g/mol. The number of aliphatic hydroxyl groups excluding tert-OH is 1. The fourth-order valence-electron chi connectivity index (χ4n) is 4.75. The molecule has 0 unspecified atom stereocenters. The summed E-state index contributed by atoms with van der Waals surface area (Å²) < 4.78 is 5.82. The zero-order valence-electron chi connectivity index (χ0n) is 14.4. The number of rotatable bonds is 4. The molecule has 1 aromatic rings. The van der Waals surface area contributed by atoms with Crippen LogP contribution in [0.25, 0.3) is 0 Å². The van der Waals surface area contributed by atoms with Gasteiger partial charge in [-0.05, 0) is 38.2 Å². The molecule has 1 aromatic carbocycles. The molecule has 3 fully saturated rings. The normalized spacial score (nSPS) is 30.0. The van der Waals surface area contributed by atoms with Crippen molar-refractivity contribution in [3.05, 3.63) is 35.9 Å². The molecular formula is C20H27NO3. The van der Waals surface area contributed by atoms with Gasteiger partial charge in [0.25, 0.3) is 0 Å². The van der Waals surface area contributed by atoms with Gasteiger partial charge in [-0.2, -0.15) is 0 Å². The molecule has 1 spiro atoms. The maximum Gasteiger partial charge on any atom is 0.233 e. The van der Waals surface area contributed by atoms with Gasteiger partial charge in [-0.15, -0.1) is 0 Å². The molecule has 24 heavy (non-hydrogen) atoms. The number of carbonyl (C=O) groups excluding carboxylic acids is 1. The highest BCUT2D eigenvalue weighted by molar-refractivity contribution is 5.91. The molecule has 1 saturated heterocycles. The molecule has 3 aliphatic rings. The van der Waals surface area contributed by atoms with Crippen LogP contribution in [0.15, 0.2) is 30.3 Å². The van der Waals surface area contributed by atoms with Crippen LogP contribution < -0.4 is 0 Å². The zero-order chi connectivity index (χ0) is 16.8. The first-order valence-electron chi connectivity index (χ1n) is 9.27. The van der Waals surface area contributed by atoms with Crippen LogP contribution in [0.2, 0.25) is 0 Å². The summed E-state index contributed by atoms with van der Waals surface area (Å²) in [6.45, 7) is 4.19. The smallest absolute Gasteiger partial charge is 0.233 e. The summed E-state index contributed by atoms with van der Waals surface area (Å²) in [5.41, 5.74) is 0.769. The van der Waals surface area contributed by atoms with Crippen LogP contribution in [0.4, 0.5) is 0 Å². The Morgan fingerprint density at radius 2 is 1.88 bits per heavy atom. The third kappa shape index (κ3) is 2.31. The second-order valence-electron chi connectivity index (χ2n) is 7.67. The Kier molecular flexibility index (Phi) is 3.92. The van der Waals surface area contributed by atoms with Gasteiger partial charge in [0, 0.05) is 31.5 Å². The first-order valence-corrected chi connectivity index (χ1v) is 9.27. The van der Waals surface area contributed by atoms with E-state index in [0.29, 0.717) is 6.61 Å². The number of likely N-dealkylation sites (tertiary alicyclic amines) is 1. The molecule has 1 heterocycles. The van der Waals surface area contributed by atoms with Crippen molar-refractivity contribution in [1.82, 2.24) is 4.90 Å². The minimum Gasteiger partial charge on any atom is -0.392 e. The maximum absolute atomic E-state index is 13.1. The van der Waals surface area contributed by atoms with Gasteiger partial charge >= 0.3 is 0 Å². The molecule has 2 aliphatic carbocycles. The molecule has 1 amide bonds. The second-order valence-corrected chi connectivity index (χ2v) is 7.67. The standard InChI is InChI=1S/C20H27NO3/c1-2-24-17-14-16(22)20(17)10-12-21(13-11-20)18(23)19(8-9-19)15-6-4-3-5-7-15/h3-7,16-17,22H,2,8-14H2,1H3/t16-,17-/m1/s1. The van der Waals surface area contributed by atoms with Crippen LogP contribution >= 0.6 is 0 Å². The lowest BCUT2D eigenvalue weighted by Gasteiger charge is -2.56. The number of ether oxygens (including phenoxy) is 1. The van der Waals surface area contributed by atoms with E-state index in [2.05, 4.69) is 12.1 Å². The SMILES string of the molecule is CCO[C@@H]1C[C@@H](O)C12CCN(C(=O)C1(c3ccccc3)CC1)CC2. The Morgan fingerprint density at radius 1 is 1.21 bits per heavy atom. The Bertz CT molecular complexity index is 601. The van der Waals surface area contributed by atoms with E-state index in [0.717, 1.165) is 50.8 Å². The molecule has 2 saturated carbocycles. The van der Waals surface area contributed by atoms with Crippen molar-refractivity contribution in [1.29, 1.82) is 0 Å². The molecule has 4 heteroatoms. The number of carbonyl (C=O) groups is 1. The molecule has 0 bridgehead atoms. The van der Waals surface area contributed by atoms with Gasteiger partial charge < -0.3 is 14.7 Å². The molecule has 1 aliphatic heterocycles. The molecule has 130 valence electrons. The highest BCUT2D eigenvalue weighted by atomic mass is 16.5. The lowest BCUT2D eigenvalue weighted by molar-refractivity contribution is -0.210. The van der Waals surface area contributed by atoms with E-state index >= 15 is 0 Å². The van der Waals surface area contributed by atoms with E-state index < -0.39 is 0 Å². The van der Waals surface area contributed by atoms with Gasteiger partial charge in [0.05, 0.1) is 17.6 Å². The van der Waals surface area contributed by atoms with Crippen LogP contribution in [0, 0.1) is 5.41 Å². The third-order valence-electron chi connectivity index (χ3n) is 6.58. The lowest BCUT2D eigenvalue weighted by Crippen LogP contribution is -2.63. The number of hydrogen-bond donors (Lipinski definition) is 1. The average Bonchev–Trinajstić information content (AvgIpc) is 3.44. The van der Waals surface area contributed by atoms with E-state index in [1.807, 2.05) is 30.0 Å². The van der Waals surface area contributed by atoms with E-state index in [-0.39, 0.29) is 28.9 Å². The van der Waals surface area contributed by atoms with E-state index in [4.69, 9.17) is 4.74 Å². The Hall–Kier alpha value is -1.39. The predicted octanol–water partition coefficient (Wildman–Crippen LogP) is 2.50. The molecule has 0 aromatic heterocycles. The zero-order valence-corrected chi connectivity index (χ0v) is 14.4. The average molecular weight is 329 g/mol. The quantitative estimate of drug-likeness (QED) is 0.923. The van der Waals surface area contributed by atoms with Gasteiger partial charge in [-0.3, -0.25) is 4.79 Å². The number of amides is 1. The van der Waals surface area contributed by atoms with Crippen LogP contribution in [0.5, 0.6) is 0 Å². The number of benzene rings is 1. The number of piperidine rings is 1. The van der Waals surface area contributed by atoms with Crippen molar-refractivity contribution >= 4 is 5.91 Å². The van der Waals surface area contributed by atoms with E-state index in [1.54, 1.807) is 0 Å². The second kappa shape index (κ2) is 5.85. The topological polar surface area (TPSA) is 49.8 Å². The summed E-state index contributed by atoms with van der Waals surface area (Å²) in [5, 5.41) is 10.3. The van der Waals surface area contributed by atoms with Crippen LogP contribution in [-0.2, 0) is 14.9 Å². The number of hydrogen-bond acceptors (Lipinski definition) is 3. The van der Waals surface area contributed by atoms with Crippen molar-refractivity contribution in [2.45, 2.75) is 56.7 Å². The molecule has 4 nitrogen and oxygen atoms in total. The number of nitrogens with zero attached hydrogens (tertiary/aromatic N) is 1. The summed E-state index contributed by atoms with van der Waals surface area (Å²) in [6.07, 6.45) is 4.28. The Balaban J connectivity index is 1.44. The summed E-state index contributed by atoms with van der Waals surface area (Å²) in [4.78, 5) is 15.1. The predicted molar refractivity (Wildman–Crippen MR) is 91.6 cm³/mol. The van der Waals surface area contributed by atoms with Crippen molar-refractivity contribution in [3.63, 3.8) is 0 Å². The highest BCUT2D eigenvalue weighted by Crippen LogP contribution is 2.53. The maximum atomic E-state index is 13.1. The fraction of sp³-hybridized carbons (Fsp3) is 0.650. The van der Waals surface area contributed by atoms with Crippen LogP contribution in [0.1, 0.15) is 44.6 Å². The van der Waals surface area contributed by atoms with Crippen molar-refractivity contribution < 1.29 is 14.6 Å². The summed E-state index contributed by atoms with van der Waals surface area (Å²) in [7, 11) is 0. The largest absolute Gasteiger partial charge is 0.392 e. The molecule has 0 radical (unpaired) electrons. The van der Waals surface area contributed by atoms with Crippen LogP contribution in [-0.4, -0.2) is 47.8 Å². The summed E-state index contributed by atoms with van der Waals surface area (Å²) >= 11 is 0. The Morgan fingerprint density at radius 3 is 2.42 bits per heavy atom. The highest BCUT2D eigenvalue weighted by Gasteiger charge is 2.58. The molecule has 4 rings (SSSR count). The summed E-state index contributed by atoms with van der Waals surface area (Å²) in [5.74, 6) is 0.283. The number of aliphatic hydroxyl groups is 1. The first kappa shape index (κ1) is 16.1. The molecule has 1 N–H and O–H groups in total. The van der Waals surface area contributed by atoms with Gasteiger partial charge in [-0.1, -0.05) is 30.3 Å². The first-order chi connectivity index (χ1) is 11.6. The van der Waals surface area contributed by atoms with Gasteiger partial charge in [0.1, 0.15) is 0 Å². The molecule has 2 atom stereocenters. The minimum absolute atomic E-state index is 0.115. The van der Waals surface area contributed by atoms with Crippen molar-refractivity contribution in [2.24, 2.45) is 5.41 Å². The van der Waals surface area contributed by atoms with Gasteiger partial charge in [-0.25, -0.2) is 0 Å². The fourth-order valence-corrected chi connectivity index (χ4v) is 4.75. The minimum atomic E-state index is -0.274. The lowest BCUT2D eigenvalue weighted by atomic mass is 9.58. The van der Waals surface area contributed by atoms with Gasteiger partial charge in [0.15, 0.2) is 0 Å². The van der Waals surface area contributed by atoms with Crippen molar-refractivity contribution in [2.75, 3.05) is 19.7 Å². The van der Waals surface area contributed by atoms with E-state index in [1.165, 1.54) is 0 Å². The third-order valence-corrected chi connectivity index (χ3v) is 6.58. The van der Waals surface area contributed by atoms with Crippen LogP contribution in [0.3, 0.4) is 0 Å².